The van der Waals surface area contributed by atoms with Crippen LogP contribution in [0.5, 0.6) is 0 Å². The standard InChI is InChI=1S/C15H27N3OS/c1-4-5-12-14(15(2,3)16)20-13(17-12)6-7-18-8-10-19-11-9-18/h4-11,16H2,1-3H3. The Morgan fingerprint density at radius 2 is 2.00 bits per heavy atom. The summed E-state index contributed by atoms with van der Waals surface area (Å²) in [4.78, 5) is 8.55. The molecule has 0 aromatic carbocycles. The maximum absolute atomic E-state index is 6.28. The Morgan fingerprint density at radius 1 is 1.30 bits per heavy atom. The van der Waals surface area contributed by atoms with E-state index < -0.39 is 0 Å². The average molecular weight is 297 g/mol. The molecule has 0 atom stereocenters. The molecule has 2 rings (SSSR count). The molecule has 4 nitrogen and oxygen atoms in total. The van der Waals surface area contributed by atoms with Gasteiger partial charge in [-0.1, -0.05) is 13.3 Å². The number of morpholine rings is 1. The lowest BCUT2D eigenvalue weighted by Crippen LogP contribution is -2.37. The van der Waals surface area contributed by atoms with Crippen LogP contribution in [-0.2, 0) is 23.1 Å². The molecule has 0 spiro atoms. The van der Waals surface area contributed by atoms with Crippen molar-refractivity contribution in [1.29, 1.82) is 0 Å². The van der Waals surface area contributed by atoms with Gasteiger partial charge in [-0.25, -0.2) is 4.98 Å². The molecular weight excluding hydrogens is 270 g/mol. The second kappa shape index (κ2) is 6.98. The molecule has 0 saturated carbocycles. The zero-order valence-corrected chi connectivity index (χ0v) is 13.8. The number of rotatable bonds is 6. The zero-order valence-electron chi connectivity index (χ0n) is 12.9. The first-order valence-corrected chi connectivity index (χ1v) is 8.40. The van der Waals surface area contributed by atoms with Gasteiger partial charge in [0.25, 0.3) is 0 Å². The predicted molar refractivity (Wildman–Crippen MR) is 84.3 cm³/mol. The van der Waals surface area contributed by atoms with E-state index in [9.17, 15) is 0 Å². The number of aromatic nitrogens is 1. The minimum atomic E-state index is -0.278. The number of thiazole rings is 1. The summed E-state index contributed by atoms with van der Waals surface area (Å²) >= 11 is 1.80. The molecule has 0 bridgehead atoms. The Balaban J connectivity index is 2.00. The van der Waals surface area contributed by atoms with Gasteiger partial charge >= 0.3 is 0 Å². The first-order valence-electron chi connectivity index (χ1n) is 7.58. The summed E-state index contributed by atoms with van der Waals surface area (Å²) in [5.41, 5.74) is 7.22. The van der Waals surface area contributed by atoms with Gasteiger partial charge in [0.2, 0.25) is 0 Å². The van der Waals surface area contributed by atoms with Crippen LogP contribution < -0.4 is 5.73 Å². The van der Waals surface area contributed by atoms with Crippen LogP contribution in [0.4, 0.5) is 0 Å². The molecule has 0 radical (unpaired) electrons. The van der Waals surface area contributed by atoms with Crippen molar-refractivity contribution in [2.75, 3.05) is 32.8 Å². The van der Waals surface area contributed by atoms with Gasteiger partial charge in [0.1, 0.15) is 0 Å². The van der Waals surface area contributed by atoms with Gasteiger partial charge < -0.3 is 10.5 Å². The summed E-state index contributed by atoms with van der Waals surface area (Å²) in [6.07, 6.45) is 3.18. The van der Waals surface area contributed by atoms with Crippen LogP contribution in [0.3, 0.4) is 0 Å². The molecule has 1 aliphatic rings. The molecule has 0 unspecified atom stereocenters. The largest absolute Gasteiger partial charge is 0.379 e. The highest BCUT2D eigenvalue weighted by molar-refractivity contribution is 7.11. The van der Waals surface area contributed by atoms with Crippen LogP contribution in [0, 0.1) is 0 Å². The molecule has 1 saturated heterocycles. The van der Waals surface area contributed by atoms with Crippen LogP contribution in [-0.4, -0.2) is 42.7 Å². The number of nitrogens with two attached hydrogens (primary N) is 1. The normalized spacial score (nSPS) is 17.6. The van der Waals surface area contributed by atoms with Gasteiger partial charge in [0.05, 0.1) is 23.9 Å². The fourth-order valence-electron chi connectivity index (χ4n) is 2.50. The first-order chi connectivity index (χ1) is 9.50. The molecule has 2 N–H and O–H groups in total. The molecule has 5 heteroatoms. The van der Waals surface area contributed by atoms with Crippen LogP contribution >= 0.6 is 11.3 Å². The molecule has 20 heavy (non-hydrogen) atoms. The third-order valence-electron chi connectivity index (χ3n) is 3.56. The van der Waals surface area contributed by atoms with Crippen molar-refractivity contribution in [2.45, 2.75) is 45.6 Å². The molecule has 2 heterocycles. The van der Waals surface area contributed by atoms with E-state index >= 15 is 0 Å². The number of hydrogen-bond acceptors (Lipinski definition) is 5. The highest BCUT2D eigenvalue weighted by Crippen LogP contribution is 2.29. The third-order valence-corrected chi connectivity index (χ3v) is 5.06. The monoisotopic (exact) mass is 297 g/mol. The summed E-state index contributed by atoms with van der Waals surface area (Å²) in [6.45, 7) is 11.2. The molecule has 1 aromatic heterocycles. The van der Waals surface area contributed by atoms with Crippen molar-refractivity contribution in [3.63, 3.8) is 0 Å². The molecule has 1 fully saturated rings. The lowest BCUT2D eigenvalue weighted by molar-refractivity contribution is 0.0384. The predicted octanol–water partition coefficient (Wildman–Crippen LogP) is 2.16. The van der Waals surface area contributed by atoms with E-state index in [0.29, 0.717) is 0 Å². The quantitative estimate of drug-likeness (QED) is 0.874. The van der Waals surface area contributed by atoms with Gasteiger partial charge in [-0.2, -0.15) is 0 Å². The molecular formula is C15H27N3OS. The summed E-state index contributed by atoms with van der Waals surface area (Å²) in [5.74, 6) is 0. The van der Waals surface area contributed by atoms with Crippen molar-refractivity contribution >= 4 is 11.3 Å². The van der Waals surface area contributed by atoms with E-state index in [1.54, 1.807) is 11.3 Å². The first kappa shape index (κ1) is 15.9. The minimum absolute atomic E-state index is 0.278. The second-order valence-corrected chi connectivity index (χ2v) is 7.14. The van der Waals surface area contributed by atoms with E-state index in [1.807, 2.05) is 0 Å². The van der Waals surface area contributed by atoms with Crippen LogP contribution in [0.2, 0.25) is 0 Å². The van der Waals surface area contributed by atoms with Gasteiger partial charge in [-0.05, 0) is 20.3 Å². The fraction of sp³-hybridized carbons (Fsp3) is 0.800. The van der Waals surface area contributed by atoms with Gasteiger partial charge in [-0.3, -0.25) is 4.90 Å². The Hall–Kier alpha value is -0.490. The average Bonchev–Trinajstić information content (AvgIpc) is 2.81. The van der Waals surface area contributed by atoms with Crippen molar-refractivity contribution < 1.29 is 4.74 Å². The van der Waals surface area contributed by atoms with Gasteiger partial charge in [0, 0.05) is 36.5 Å². The molecule has 1 aromatic rings. The Labute approximate surface area is 126 Å². The summed E-state index contributed by atoms with van der Waals surface area (Å²) < 4.78 is 5.38. The Kier molecular flexibility index (Phi) is 5.55. The third kappa shape index (κ3) is 4.25. The lowest BCUT2D eigenvalue weighted by atomic mass is 10.0. The van der Waals surface area contributed by atoms with E-state index in [2.05, 4.69) is 25.7 Å². The van der Waals surface area contributed by atoms with E-state index in [4.69, 9.17) is 15.5 Å². The van der Waals surface area contributed by atoms with Crippen molar-refractivity contribution in [2.24, 2.45) is 5.73 Å². The smallest absolute Gasteiger partial charge is 0.0944 e. The van der Waals surface area contributed by atoms with E-state index in [-0.39, 0.29) is 5.54 Å². The SMILES string of the molecule is CCCc1nc(CCN2CCOCC2)sc1C(C)(C)N. The van der Waals surface area contributed by atoms with Crippen LogP contribution in [0.25, 0.3) is 0 Å². The maximum atomic E-state index is 6.28. The Morgan fingerprint density at radius 3 is 2.60 bits per heavy atom. The molecule has 0 amide bonds. The molecule has 1 aliphatic heterocycles. The Bertz CT molecular complexity index is 419. The van der Waals surface area contributed by atoms with E-state index in [1.165, 1.54) is 15.6 Å². The van der Waals surface area contributed by atoms with E-state index in [0.717, 1.165) is 52.1 Å². The zero-order chi connectivity index (χ0) is 14.6. The minimum Gasteiger partial charge on any atom is -0.379 e. The van der Waals surface area contributed by atoms with Gasteiger partial charge in [0.15, 0.2) is 0 Å². The van der Waals surface area contributed by atoms with Gasteiger partial charge in [-0.15, -0.1) is 11.3 Å². The number of nitrogens with zero attached hydrogens (tertiary/aromatic N) is 2. The highest BCUT2D eigenvalue weighted by atomic mass is 32.1. The van der Waals surface area contributed by atoms with Crippen LogP contribution in [0.1, 0.15) is 42.8 Å². The summed E-state index contributed by atoms with van der Waals surface area (Å²) in [5, 5.41) is 1.23. The number of ether oxygens (including phenoxy) is 1. The van der Waals surface area contributed by atoms with Crippen molar-refractivity contribution in [3.8, 4) is 0 Å². The van der Waals surface area contributed by atoms with Crippen molar-refractivity contribution in [3.05, 3.63) is 15.6 Å². The maximum Gasteiger partial charge on any atom is 0.0944 e. The topological polar surface area (TPSA) is 51.4 Å². The van der Waals surface area contributed by atoms with Crippen molar-refractivity contribution in [1.82, 2.24) is 9.88 Å². The highest BCUT2D eigenvalue weighted by Gasteiger charge is 2.23. The lowest BCUT2D eigenvalue weighted by Gasteiger charge is -2.26. The number of aryl methyl sites for hydroxylation is 1. The summed E-state index contributed by atoms with van der Waals surface area (Å²) in [7, 11) is 0. The number of hydrogen-bond donors (Lipinski definition) is 1. The van der Waals surface area contributed by atoms with Crippen LogP contribution in [0.15, 0.2) is 0 Å². The molecule has 0 aliphatic carbocycles. The fourth-order valence-corrected chi connectivity index (χ4v) is 3.61. The summed E-state index contributed by atoms with van der Waals surface area (Å²) in [6, 6.07) is 0. The molecule has 114 valence electrons. The second-order valence-electron chi connectivity index (χ2n) is 6.06.